The van der Waals surface area contributed by atoms with Crippen molar-refractivity contribution in [2.24, 2.45) is 10.7 Å². The van der Waals surface area contributed by atoms with Gasteiger partial charge in [-0.05, 0) is 39.0 Å². The minimum atomic E-state index is 0.400. The smallest absolute Gasteiger partial charge is 0.188 e. The molecular formula is C13H27N3O2. The van der Waals surface area contributed by atoms with Crippen molar-refractivity contribution in [2.75, 3.05) is 32.9 Å². The monoisotopic (exact) mass is 257 g/mol. The Bertz CT molecular complexity index is 228. The van der Waals surface area contributed by atoms with Gasteiger partial charge in [0, 0.05) is 32.9 Å². The van der Waals surface area contributed by atoms with Crippen molar-refractivity contribution < 1.29 is 9.47 Å². The maximum atomic E-state index is 5.76. The van der Waals surface area contributed by atoms with E-state index < -0.39 is 0 Å². The molecule has 0 bridgehead atoms. The van der Waals surface area contributed by atoms with E-state index in [4.69, 9.17) is 15.2 Å². The molecule has 0 aromatic heterocycles. The number of nitrogens with two attached hydrogens (primary N) is 1. The molecule has 1 fully saturated rings. The van der Waals surface area contributed by atoms with E-state index in [1.165, 1.54) is 19.3 Å². The first-order valence-electron chi connectivity index (χ1n) is 7.06. The van der Waals surface area contributed by atoms with Crippen molar-refractivity contribution in [1.29, 1.82) is 0 Å². The van der Waals surface area contributed by atoms with E-state index in [2.05, 4.69) is 10.3 Å². The van der Waals surface area contributed by atoms with Crippen LogP contribution in [-0.4, -0.2) is 45.0 Å². The number of rotatable bonds is 8. The van der Waals surface area contributed by atoms with Crippen LogP contribution in [-0.2, 0) is 9.47 Å². The quantitative estimate of drug-likeness (QED) is 0.390. The lowest BCUT2D eigenvalue weighted by Crippen LogP contribution is -2.35. The second-order valence-corrected chi connectivity index (χ2v) is 4.52. The van der Waals surface area contributed by atoms with Crippen molar-refractivity contribution in [3.63, 3.8) is 0 Å². The Morgan fingerprint density at radius 1 is 1.50 bits per heavy atom. The number of nitrogens with one attached hydrogen (secondary N) is 1. The van der Waals surface area contributed by atoms with Gasteiger partial charge in [-0.2, -0.15) is 0 Å². The summed E-state index contributed by atoms with van der Waals surface area (Å²) < 4.78 is 10.9. The molecular weight excluding hydrogens is 230 g/mol. The highest BCUT2D eigenvalue weighted by atomic mass is 16.5. The van der Waals surface area contributed by atoms with Gasteiger partial charge < -0.3 is 20.5 Å². The number of hydrogen-bond donors (Lipinski definition) is 2. The third-order valence-electron chi connectivity index (χ3n) is 2.98. The summed E-state index contributed by atoms with van der Waals surface area (Å²) in [6, 6.07) is 0. The zero-order valence-corrected chi connectivity index (χ0v) is 11.5. The molecule has 1 unspecified atom stereocenters. The van der Waals surface area contributed by atoms with Crippen LogP contribution in [0.3, 0.4) is 0 Å². The summed E-state index contributed by atoms with van der Waals surface area (Å²) in [6.07, 6.45) is 5.99. The van der Waals surface area contributed by atoms with Gasteiger partial charge in [0.2, 0.25) is 0 Å². The van der Waals surface area contributed by atoms with E-state index in [0.29, 0.717) is 12.1 Å². The first-order chi connectivity index (χ1) is 8.83. The average molecular weight is 257 g/mol. The predicted octanol–water partition coefficient (Wildman–Crippen LogP) is 1.28. The molecule has 18 heavy (non-hydrogen) atoms. The minimum Gasteiger partial charge on any atom is -0.382 e. The SMILES string of the molecule is CCOCCCN=C(N)NCCC1CCCCO1. The van der Waals surface area contributed by atoms with Crippen LogP contribution in [0.25, 0.3) is 0 Å². The fraction of sp³-hybridized carbons (Fsp3) is 0.923. The summed E-state index contributed by atoms with van der Waals surface area (Å²) >= 11 is 0. The maximum absolute atomic E-state index is 5.76. The number of nitrogens with zero attached hydrogens (tertiary/aromatic N) is 1. The van der Waals surface area contributed by atoms with E-state index in [-0.39, 0.29) is 0 Å². The second kappa shape index (κ2) is 10.1. The maximum Gasteiger partial charge on any atom is 0.188 e. The van der Waals surface area contributed by atoms with E-state index in [0.717, 1.165) is 45.8 Å². The molecule has 0 aromatic rings. The second-order valence-electron chi connectivity index (χ2n) is 4.52. The number of ether oxygens (including phenoxy) is 2. The highest BCUT2D eigenvalue weighted by molar-refractivity contribution is 5.77. The fourth-order valence-corrected chi connectivity index (χ4v) is 1.96. The first-order valence-corrected chi connectivity index (χ1v) is 7.06. The number of hydrogen-bond acceptors (Lipinski definition) is 3. The summed E-state index contributed by atoms with van der Waals surface area (Å²) in [5.41, 5.74) is 5.76. The Labute approximate surface area is 110 Å². The van der Waals surface area contributed by atoms with Crippen LogP contribution in [0.5, 0.6) is 0 Å². The topological polar surface area (TPSA) is 68.9 Å². The van der Waals surface area contributed by atoms with E-state index in [1.54, 1.807) is 0 Å². The summed E-state index contributed by atoms with van der Waals surface area (Å²) in [6.45, 7) is 5.98. The molecule has 0 amide bonds. The van der Waals surface area contributed by atoms with Crippen LogP contribution in [0, 0.1) is 0 Å². The van der Waals surface area contributed by atoms with Gasteiger partial charge in [0.25, 0.3) is 0 Å². The molecule has 0 radical (unpaired) electrons. The molecule has 5 heteroatoms. The summed E-state index contributed by atoms with van der Waals surface area (Å²) in [7, 11) is 0. The zero-order valence-electron chi connectivity index (χ0n) is 11.5. The van der Waals surface area contributed by atoms with Crippen LogP contribution in [0.1, 0.15) is 39.0 Å². The van der Waals surface area contributed by atoms with E-state index in [1.807, 2.05) is 6.92 Å². The van der Waals surface area contributed by atoms with Gasteiger partial charge >= 0.3 is 0 Å². The Balaban J connectivity index is 1.97. The third-order valence-corrected chi connectivity index (χ3v) is 2.98. The van der Waals surface area contributed by atoms with Crippen LogP contribution in [0.4, 0.5) is 0 Å². The Morgan fingerprint density at radius 2 is 2.39 bits per heavy atom. The molecule has 0 aromatic carbocycles. The van der Waals surface area contributed by atoms with Gasteiger partial charge in [-0.25, -0.2) is 0 Å². The fourth-order valence-electron chi connectivity index (χ4n) is 1.96. The largest absolute Gasteiger partial charge is 0.382 e. The number of aliphatic imine (C=N–C) groups is 1. The zero-order chi connectivity index (χ0) is 13.1. The van der Waals surface area contributed by atoms with Gasteiger partial charge in [0.1, 0.15) is 0 Å². The van der Waals surface area contributed by atoms with Crippen LogP contribution in [0.15, 0.2) is 4.99 Å². The Kier molecular flexibility index (Phi) is 8.59. The van der Waals surface area contributed by atoms with Crippen molar-refractivity contribution >= 4 is 5.96 Å². The van der Waals surface area contributed by atoms with Crippen LogP contribution < -0.4 is 11.1 Å². The molecule has 1 atom stereocenters. The standard InChI is InChI=1S/C13H27N3O2/c1-2-17-10-5-8-15-13(14)16-9-7-12-6-3-4-11-18-12/h12H,2-11H2,1H3,(H3,14,15,16). The third kappa shape index (κ3) is 7.50. The molecule has 3 N–H and O–H groups in total. The molecule has 0 saturated carbocycles. The van der Waals surface area contributed by atoms with E-state index in [9.17, 15) is 0 Å². The van der Waals surface area contributed by atoms with Crippen LogP contribution >= 0.6 is 0 Å². The molecule has 106 valence electrons. The molecule has 1 rings (SSSR count). The highest BCUT2D eigenvalue weighted by Gasteiger charge is 2.12. The summed E-state index contributed by atoms with van der Waals surface area (Å²) in [4.78, 5) is 4.24. The lowest BCUT2D eigenvalue weighted by Gasteiger charge is -2.22. The minimum absolute atomic E-state index is 0.400. The normalized spacial score (nSPS) is 20.9. The first kappa shape index (κ1) is 15.2. The average Bonchev–Trinajstić information content (AvgIpc) is 2.40. The summed E-state index contributed by atoms with van der Waals surface area (Å²) in [5, 5.41) is 3.13. The van der Waals surface area contributed by atoms with Gasteiger partial charge in [-0.1, -0.05) is 0 Å². The van der Waals surface area contributed by atoms with Crippen molar-refractivity contribution in [3.8, 4) is 0 Å². The van der Waals surface area contributed by atoms with Gasteiger partial charge in [0.05, 0.1) is 6.10 Å². The summed E-state index contributed by atoms with van der Waals surface area (Å²) in [5.74, 6) is 0.530. The predicted molar refractivity (Wildman–Crippen MR) is 73.8 cm³/mol. The number of guanidine groups is 1. The van der Waals surface area contributed by atoms with Gasteiger partial charge in [0.15, 0.2) is 5.96 Å². The molecule has 0 spiro atoms. The molecule has 0 aliphatic carbocycles. The van der Waals surface area contributed by atoms with E-state index >= 15 is 0 Å². The van der Waals surface area contributed by atoms with Crippen molar-refractivity contribution in [1.82, 2.24) is 5.32 Å². The Morgan fingerprint density at radius 3 is 3.11 bits per heavy atom. The molecule has 1 saturated heterocycles. The van der Waals surface area contributed by atoms with Crippen molar-refractivity contribution in [2.45, 2.75) is 45.1 Å². The molecule has 1 aliphatic heterocycles. The Hall–Kier alpha value is -0.810. The van der Waals surface area contributed by atoms with Gasteiger partial charge in [-0.15, -0.1) is 0 Å². The highest BCUT2D eigenvalue weighted by Crippen LogP contribution is 2.14. The van der Waals surface area contributed by atoms with Crippen molar-refractivity contribution in [3.05, 3.63) is 0 Å². The lowest BCUT2D eigenvalue weighted by molar-refractivity contribution is 0.0122. The molecule has 1 aliphatic rings. The molecule has 1 heterocycles. The van der Waals surface area contributed by atoms with Gasteiger partial charge in [-0.3, -0.25) is 4.99 Å². The lowest BCUT2D eigenvalue weighted by atomic mass is 10.1. The van der Waals surface area contributed by atoms with Crippen LogP contribution in [0.2, 0.25) is 0 Å². The molecule has 5 nitrogen and oxygen atoms in total.